The molecule has 0 aromatic heterocycles. The van der Waals surface area contributed by atoms with Gasteiger partial charge in [0.05, 0.1) is 0 Å². The molecule has 1 unspecified atom stereocenters. The van der Waals surface area contributed by atoms with Crippen molar-refractivity contribution in [3.8, 4) is 0 Å². The summed E-state index contributed by atoms with van der Waals surface area (Å²) in [6, 6.07) is -0.105. The second-order valence-corrected chi connectivity index (χ2v) is 4.34. The lowest BCUT2D eigenvalue weighted by Gasteiger charge is -2.07. The molecule has 0 spiro atoms. The van der Waals surface area contributed by atoms with Crippen LogP contribution in [0.15, 0.2) is 4.99 Å². The van der Waals surface area contributed by atoms with E-state index >= 15 is 0 Å². The monoisotopic (exact) mass is 194 g/mol. The van der Waals surface area contributed by atoms with Crippen molar-refractivity contribution >= 4 is 11.7 Å². The van der Waals surface area contributed by atoms with Gasteiger partial charge in [0.1, 0.15) is 11.9 Å². The number of carbonyl (C=O) groups excluding carboxylic acids is 1. The van der Waals surface area contributed by atoms with Gasteiger partial charge in [0.15, 0.2) is 0 Å². The van der Waals surface area contributed by atoms with Crippen LogP contribution in [0.2, 0.25) is 0 Å². The molecule has 1 aliphatic heterocycles. The van der Waals surface area contributed by atoms with E-state index in [2.05, 4.69) is 10.3 Å². The topological polar surface area (TPSA) is 41.5 Å². The Morgan fingerprint density at radius 1 is 1.43 bits per heavy atom. The molecule has 1 atom stereocenters. The third-order valence-electron chi connectivity index (χ3n) is 3.23. The van der Waals surface area contributed by atoms with Crippen molar-refractivity contribution in [2.24, 2.45) is 10.9 Å². The second kappa shape index (κ2) is 4.11. The Kier molecular flexibility index (Phi) is 2.85. The van der Waals surface area contributed by atoms with Gasteiger partial charge in [-0.3, -0.25) is 9.79 Å². The fourth-order valence-electron chi connectivity index (χ4n) is 2.37. The van der Waals surface area contributed by atoms with Crippen molar-refractivity contribution in [2.75, 3.05) is 0 Å². The molecule has 0 aromatic rings. The minimum absolute atomic E-state index is 0.0977. The number of hydrogen-bond donors (Lipinski definition) is 1. The van der Waals surface area contributed by atoms with Gasteiger partial charge in [-0.15, -0.1) is 0 Å². The molecule has 1 fully saturated rings. The first-order valence-electron chi connectivity index (χ1n) is 5.67. The molecule has 0 radical (unpaired) electrons. The largest absolute Gasteiger partial charge is 0.313 e. The van der Waals surface area contributed by atoms with E-state index in [0.717, 1.165) is 24.6 Å². The number of nitrogens with zero attached hydrogens (tertiary/aromatic N) is 1. The summed E-state index contributed by atoms with van der Waals surface area (Å²) >= 11 is 0. The molecule has 14 heavy (non-hydrogen) atoms. The average Bonchev–Trinajstić information content (AvgIpc) is 2.76. The summed E-state index contributed by atoms with van der Waals surface area (Å²) in [4.78, 5) is 15.8. The Balaban J connectivity index is 1.89. The number of aliphatic imine (C=N–C) groups is 1. The zero-order valence-corrected chi connectivity index (χ0v) is 8.75. The Bertz CT molecular complexity index is 254. The Labute approximate surface area is 85.0 Å². The highest BCUT2D eigenvalue weighted by Crippen LogP contribution is 2.28. The van der Waals surface area contributed by atoms with Crippen molar-refractivity contribution < 1.29 is 4.79 Å². The van der Waals surface area contributed by atoms with Gasteiger partial charge >= 0.3 is 0 Å². The molecule has 1 aliphatic carbocycles. The van der Waals surface area contributed by atoms with Gasteiger partial charge in [-0.25, -0.2) is 0 Å². The van der Waals surface area contributed by atoms with Gasteiger partial charge in [0.2, 0.25) is 5.91 Å². The molecule has 1 amide bonds. The van der Waals surface area contributed by atoms with Crippen LogP contribution in [-0.2, 0) is 4.79 Å². The van der Waals surface area contributed by atoms with Crippen molar-refractivity contribution in [3.63, 3.8) is 0 Å². The van der Waals surface area contributed by atoms with E-state index in [-0.39, 0.29) is 11.9 Å². The quantitative estimate of drug-likeness (QED) is 0.732. The molecule has 2 rings (SSSR count). The molecular weight excluding hydrogens is 176 g/mol. The number of nitrogens with one attached hydrogen (secondary N) is 1. The third kappa shape index (κ3) is 1.97. The van der Waals surface area contributed by atoms with Crippen LogP contribution in [0.1, 0.15) is 45.4 Å². The molecule has 3 nitrogen and oxygen atoms in total. The fourth-order valence-corrected chi connectivity index (χ4v) is 2.37. The molecule has 2 aliphatic rings. The van der Waals surface area contributed by atoms with E-state index in [4.69, 9.17) is 0 Å². The second-order valence-electron chi connectivity index (χ2n) is 4.34. The lowest BCUT2D eigenvalue weighted by Crippen LogP contribution is -2.29. The first-order valence-corrected chi connectivity index (χ1v) is 5.67. The van der Waals surface area contributed by atoms with Crippen LogP contribution in [0.5, 0.6) is 0 Å². The number of carbonyl (C=O) groups is 1. The van der Waals surface area contributed by atoms with Crippen molar-refractivity contribution in [1.82, 2.24) is 5.32 Å². The maximum Gasteiger partial charge on any atom is 0.250 e. The number of hydrogen-bond acceptors (Lipinski definition) is 2. The van der Waals surface area contributed by atoms with Gasteiger partial charge in [0.25, 0.3) is 0 Å². The first-order chi connectivity index (χ1) is 6.79. The number of amidine groups is 1. The maximum absolute atomic E-state index is 11.4. The zero-order valence-electron chi connectivity index (χ0n) is 8.75. The lowest BCUT2D eigenvalue weighted by molar-refractivity contribution is -0.120. The van der Waals surface area contributed by atoms with E-state index < -0.39 is 0 Å². The van der Waals surface area contributed by atoms with Gasteiger partial charge in [0, 0.05) is 6.42 Å². The van der Waals surface area contributed by atoms with E-state index in [0.29, 0.717) is 0 Å². The van der Waals surface area contributed by atoms with Crippen molar-refractivity contribution in [1.29, 1.82) is 0 Å². The van der Waals surface area contributed by atoms with Gasteiger partial charge in [-0.05, 0) is 12.3 Å². The summed E-state index contributed by atoms with van der Waals surface area (Å²) < 4.78 is 0. The molecule has 1 saturated carbocycles. The van der Waals surface area contributed by atoms with Gasteiger partial charge < -0.3 is 5.32 Å². The molecule has 1 N–H and O–H groups in total. The molecule has 0 bridgehead atoms. The highest BCUT2D eigenvalue weighted by atomic mass is 16.2. The van der Waals surface area contributed by atoms with E-state index in [1.165, 1.54) is 25.7 Å². The minimum Gasteiger partial charge on any atom is -0.313 e. The lowest BCUT2D eigenvalue weighted by atomic mass is 10.0. The summed E-state index contributed by atoms with van der Waals surface area (Å²) in [6.07, 6.45) is 7.13. The van der Waals surface area contributed by atoms with E-state index in [9.17, 15) is 4.79 Å². The highest BCUT2D eigenvalue weighted by molar-refractivity contribution is 6.05. The molecule has 3 heteroatoms. The molecular formula is C11H18N2O. The van der Waals surface area contributed by atoms with E-state index in [1.54, 1.807) is 0 Å². The number of rotatable bonds is 3. The summed E-state index contributed by atoms with van der Waals surface area (Å²) in [5, 5.41) is 2.89. The maximum atomic E-state index is 11.4. The summed E-state index contributed by atoms with van der Waals surface area (Å²) in [6.45, 7) is 2.01. The summed E-state index contributed by atoms with van der Waals surface area (Å²) in [7, 11) is 0. The van der Waals surface area contributed by atoms with Crippen LogP contribution in [0, 0.1) is 5.92 Å². The van der Waals surface area contributed by atoms with Crippen LogP contribution >= 0.6 is 0 Å². The average molecular weight is 194 g/mol. The predicted octanol–water partition coefficient (Wildman–Crippen LogP) is 1.87. The number of amides is 1. The standard InChI is InChI=1S/C11H18N2O/c1-2-9-11(14)13-10(12-9)7-8-5-3-4-6-8/h8-9H,2-7H2,1H3,(H,12,13,14). The van der Waals surface area contributed by atoms with Gasteiger partial charge in [-0.1, -0.05) is 32.6 Å². The van der Waals surface area contributed by atoms with Crippen LogP contribution < -0.4 is 5.32 Å². The zero-order chi connectivity index (χ0) is 9.97. The van der Waals surface area contributed by atoms with Crippen LogP contribution in [0.3, 0.4) is 0 Å². The van der Waals surface area contributed by atoms with Crippen molar-refractivity contribution in [2.45, 2.75) is 51.5 Å². The molecule has 0 saturated heterocycles. The van der Waals surface area contributed by atoms with E-state index in [1.807, 2.05) is 6.92 Å². The SMILES string of the molecule is CCC1N=C(CC2CCCC2)NC1=O. The summed E-state index contributed by atoms with van der Waals surface area (Å²) in [5.41, 5.74) is 0. The summed E-state index contributed by atoms with van der Waals surface area (Å²) in [5.74, 6) is 1.80. The molecule has 1 heterocycles. The van der Waals surface area contributed by atoms with Crippen LogP contribution in [0.4, 0.5) is 0 Å². The smallest absolute Gasteiger partial charge is 0.250 e. The molecule has 0 aromatic carbocycles. The van der Waals surface area contributed by atoms with Crippen LogP contribution in [-0.4, -0.2) is 17.8 Å². The van der Waals surface area contributed by atoms with Crippen LogP contribution in [0.25, 0.3) is 0 Å². The minimum atomic E-state index is -0.105. The highest BCUT2D eigenvalue weighted by Gasteiger charge is 2.26. The third-order valence-corrected chi connectivity index (χ3v) is 3.23. The van der Waals surface area contributed by atoms with Gasteiger partial charge in [-0.2, -0.15) is 0 Å². The molecule has 78 valence electrons. The fraction of sp³-hybridized carbons (Fsp3) is 0.818. The Hall–Kier alpha value is -0.860. The van der Waals surface area contributed by atoms with Crippen molar-refractivity contribution in [3.05, 3.63) is 0 Å². The Morgan fingerprint density at radius 2 is 2.14 bits per heavy atom. The first kappa shape index (κ1) is 9.69. The Morgan fingerprint density at radius 3 is 2.71 bits per heavy atom. The predicted molar refractivity (Wildman–Crippen MR) is 56.2 cm³/mol. The normalized spacial score (nSPS) is 27.9.